The molecular weight excluding hydrogens is 418 g/mol. The fourth-order valence-electron chi connectivity index (χ4n) is 2.87. The number of rotatable bonds is 8. The molecule has 9 nitrogen and oxygen atoms in total. The van der Waals surface area contributed by atoms with E-state index < -0.39 is 4.92 Å². The van der Waals surface area contributed by atoms with Crippen molar-refractivity contribution in [3.63, 3.8) is 0 Å². The summed E-state index contributed by atoms with van der Waals surface area (Å²) >= 11 is 5.21. The lowest BCUT2D eigenvalue weighted by Gasteiger charge is -2.12. The largest absolute Gasteiger partial charge is 0.493 e. The Morgan fingerprint density at radius 2 is 2.03 bits per heavy atom. The van der Waals surface area contributed by atoms with Crippen molar-refractivity contribution in [3.8, 4) is 11.5 Å². The van der Waals surface area contributed by atoms with E-state index in [1.54, 1.807) is 6.07 Å². The van der Waals surface area contributed by atoms with E-state index in [9.17, 15) is 10.1 Å². The number of hydrogen-bond acceptors (Lipinski definition) is 7. The number of methoxy groups -OCH3 is 1. The van der Waals surface area contributed by atoms with Crippen LogP contribution < -0.4 is 9.47 Å². The van der Waals surface area contributed by atoms with Crippen molar-refractivity contribution in [1.29, 1.82) is 0 Å². The van der Waals surface area contributed by atoms with E-state index in [1.807, 2.05) is 45.0 Å². The predicted molar refractivity (Wildman–Crippen MR) is 120 cm³/mol. The highest BCUT2D eigenvalue weighted by Crippen LogP contribution is 2.38. The number of nitro benzene ring substituents is 1. The Bertz CT molecular complexity index is 1170. The van der Waals surface area contributed by atoms with Gasteiger partial charge in [-0.25, -0.2) is 0 Å². The number of aryl methyl sites for hydroxylation is 1. The molecule has 162 valence electrons. The number of nitrogens with zero attached hydrogens (tertiary/aromatic N) is 4. The number of nitrogens with one attached hydrogen (secondary N) is 1. The third-order valence-corrected chi connectivity index (χ3v) is 4.76. The van der Waals surface area contributed by atoms with Crippen molar-refractivity contribution in [1.82, 2.24) is 14.9 Å². The average Bonchev–Trinajstić information content (AvgIpc) is 3.12. The van der Waals surface area contributed by atoms with Crippen LogP contribution in [-0.4, -0.2) is 33.1 Å². The average molecular weight is 442 g/mol. The molecular formula is C21H23N5O4S. The minimum atomic E-state index is -0.507. The fourth-order valence-corrected chi connectivity index (χ4v) is 3.05. The van der Waals surface area contributed by atoms with Gasteiger partial charge < -0.3 is 9.47 Å². The zero-order chi connectivity index (χ0) is 22.5. The number of benzene rings is 2. The minimum absolute atomic E-state index is 0.0630. The Morgan fingerprint density at radius 3 is 2.65 bits per heavy atom. The van der Waals surface area contributed by atoms with Gasteiger partial charge in [-0.05, 0) is 30.8 Å². The molecule has 0 saturated carbocycles. The normalized spacial score (nSPS) is 11.3. The Kier molecular flexibility index (Phi) is 6.81. The Balaban J connectivity index is 1.94. The summed E-state index contributed by atoms with van der Waals surface area (Å²) in [6.07, 6.45) is 1.47. The molecule has 1 heterocycles. The van der Waals surface area contributed by atoms with Gasteiger partial charge in [-0.2, -0.15) is 14.9 Å². The van der Waals surface area contributed by atoms with Crippen LogP contribution in [0.4, 0.5) is 5.69 Å². The van der Waals surface area contributed by atoms with Crippen molar-refractivity contribution in [3.05, 3.63) is 73.8 Å². The molecule has 0 atom stereocenters. The molecule has 0 bridgehead atoms. The first-order chi connectivity index (χ1) is 14.8. The van der Waals surface area contributed by atoms with E-state index in [-0.39, 0.29) is 29.7 Å². The number of aromatic nitrogens is 3. The lowest BCUT2D eigenvalue weighted by Crippen LogP contribution is -2.04. The molecule has 0 unspecified atom stereocenters. The molecule has 1 N–H and O–H groups in total. The molecule has 3 aromatic rings. The maximum Gasteiger partial charge on any atom is 0.315 e. The van der Waals surface area contributed by atoms with E-state index in [0.717, 1.165) is 11.1 Å². The monoisotopic (exact) mass is 441 g/mol. The second-order valence-electron chi connectivity index (χ2n) is 7.20. The van der Waals surface area contributed by atoms with Gasteiger partial charge in [-0.3, -0.25) is 15.2 Å². The summed E-state index contributed by atoms with van der Waals surface area (Å²) < 4.78 is 13.0. The fraction of sp³-hybridized carbons (Fsp3) is 0.286. The summed E-state index contributed by atoms with van der Waals surface area (Å²) in [5.74, 6) is 1.04. The van der Waals surface area contributed by atoms with Crippen LogP contribution >= 0.6 is 12.2 Å². The van der Waals surface area contributed by atoms with Crippen molar-refractivity contribution in [2.45, 2.75) is 33.3 Å². The molecule has 0 aliphatic carbocycles. The van der Waals surface area contributed by atoms with Crippen LogP contribution in [0.2, 0.25) is 0 Å². The molecule has 0 fully saturated rings. The second-order valence-corrected chi connectivity index (χ2v) is 7.59. The molecule has 31 heavy (non-hydrogen) atoms. The van der Waals surface area contributed by atoms with Gasteiger partial charge in [0.25, 0.3) is 0 Å². The first-order valence-corrected chi connectivity index (χ1v) is 9.97. The van der Waals surface area contributed by atoms with Gasteiger partial charge in [0.05, 0.1) is 18.2 Å². The van der Waals surface area contributed by atoms with Gasteiger partial charge in [-0.15, -0.1) is 0 Å². The van der Waals surface area contributed by atoms with Gasteiger partial charge >= 0.3 is 5.69 Å². The number of hydrogen-bond donors (Lipinski definition) is 1. The van der Waals surface area contributed by atoms with E-state index in [1.165, 1.54) is 24.1 Å². The van der Waals surface area contributed by atoms with Gasteiger partial charge in [0.15, 0.2) is 11.6 Å². The van der Waals surface area contributed by atoms with Crippen molar-refractivity contribution in [2.24, 2.45) is 5.10 Å². The molecule has 0 saturated heterocycles. The number of nitro groups is 1. The van der Waals surface area contributed by atoms with E-state index in [4.69, 9.17) is 21.7 Å². The third kappa shape index (κ3) is 5.15. The van der Waals surface area contributed by atoms with Crippen molar-refractivity contribution in [2.75, 3.05) is 7.11 Å². The number of aromatic amines is 1. The van der Waals surface area contributed by atoms with Crippen LogP contribution in [0.15, 0.2) is 41.5 Å². The maximum atomic E-state index is 11.7. The van der Waals surface area contributed by atoms with Crippen molar-refractivity contribution >= 4 is 24.1 Å². The zero-order valence-corrected chi connectivity index (χ0v) is 18.5. The van der Waals surface area contributed by atoms with Crippen LogP contribution in [-0.2, 0) is 6.61 Å². The first kappa shape index (κ1) is 22.2. The molecule has 0 aliphatic heterocycles. The van der Waals surface area contributed by atoms with Crippen LogP contribution in [0.3, 0.4) is 0 Å². The SMILES string of the molecule is COc1cc(/C=N\n2c(C(C)C)n[nH]c2=S)cc([N+](=O)[O-])c1OCc1ccc(C)cc1. The molecule has 0 amide bonds. The minimum Gasteiger partial charge on any atom is -0.493 e. The van der Waals surface area contributed by atoms with Crippen LogP contribution in [0.25, 0.3) is 0 Å². The Hall–Kier alpha value is -3.53. The molecule has 0 spiro atoms. The summed E-state index contributed by atoms with van der Waals surface area (Å²) in [5.41, 5.74) is 2.26. The van der Waals surface area contributed by atoms with E-state index in [0.29, 0.717) is 16.2 Å². The van der Waals surface area contributed by atoms with Crippen LogP contribution in [0.5, 0.6) is 11.5 Å². The van der Waals surface area contributed by atoms with E-state index in [2.05, 4.69) is 15.3 Å². The standard InChI is InChI=1S/C21H23N5O4S/c1-13(2)20-23-24-21(31)25(20)22-11-16-9-17(26(27)28)19(18(10-16)29-4)30-12-15-7-5-14(3)6-8-15/h5-11,13H,12H2,1-4H3,(H,24,31)/b22-11-. The number of H-pyrrole nitrogens is 1. The molecule has 1 aromatic heterocycles. The Labute approximate surface area is 184 Å². The summed E-state index contributed by atoms with van der Waals surface area (Å²) in [4.78, 5) is 11.2. The molecule has 0 radical (unpaired) electrons. The number of ether oxygens (including phenoxy) is 2. The quantitative estimate of drug-likeness (QED) is 0.234. The highest BCUT2D eigenvalue weighted by atomic mass is 32.1. The van der Waals surface area contributed by atoms with Gasteiger partial charge in [0, 0.05) is 17.5 Å². The summed E-state index contributed by atoms with van der Waals surface area (Å²) in [6, 6.07) is 10.7. The highest BCUT2D eigenvalue weighted by molar-refractivity contribution is 7.71. The van der Waals surface area contributed by atoms with Crippen LogP contribution in [0.1, 0.15) is 42.3 Å². The maximum absolute atomic E-state index is 11.7. The van der Waals surface area contributed by atoms with E-state index >= 15 is 0 Å². The first-order valence-electron chi connectivity index (χ1n) is 9.56. The summed E-state index contributed by atoms with van der Waals surface area (Å²) in [5, 5.41) is 22.9. The molecule has 3 rings (SSSR count). The van der Waals surface area contributed by atoms with Gasteiger partial charge in [-0.1, -0.05) is 43.7 Å². The topological polar surface area (TPSA) is 108 Å². The molecule has 0 aliphatic rings. The molecule has 10 heteroatoms. The smallest absolute Gasteiger partial charge is 0.315 e. The lowest BCUT2D eigenvalue weighted by atomic mass is 10.1. The summed E-state index contributed by atoms with van der Waals surface area (Å²) in [6.45, 7) is 6.09. The van der Waals surface area contributed by atoms with Gasteiger partial charge in [0.2, 0.25) is 10.5 Å². The predicted octanol–water partition coefficient (Wildman–Crippen LogP) is 4.75. The van der Waals surface area contributed by atoms with Crippen LogP contribution in [0, 0.1) is 21.8 Å². The summed E-state index contributed by atoms with van der Waals surface area (Å²) in [7, 11) is 1.43. The molecule has 2 aromatic carbocycles. The highest BCUT2D eigenvalue weighted by Gasteiger charge is 2.22. The second kappa shape index (κ2) is 9.52. The Morgan fingerprint density at radius 1 is 1.32 bits per heavy atom. The lowest BCUT2D eigenvalue weighted by molar-refractivity contribution is -0.386. The van der Waals surface area contributed by atoms with Crippen molar-refractivity contribution < 1.29 is 14.4 Å². The third-order valence-electron chi connectivity index (χ3n) is 4.49. The van der Waals surface area contributed by atoms with Gasteiger partial charge in [0.1, 0.15) is 6.61 Å². The zero-order valence-electron chi connectivity index (χ0n) is 17.7.